The van der Waals surface area contributed by atoms with E-state index < -0.39 is 0 Å². The van der Waals surface area contributed by atoms with Crippen molar-refractivity contribution in [2.45, 2.75) is 0 Å². The van der Waals surface area contributed by atoms with Gasteiger partial charge in [0.25, 0.3) is 0 Å². The topological polar surface area (TPSA) is 24.9 Å². The third-order valence-electron chi connectivity index (χ3n) is 1.07. The molecule has 1 N–H and O–H groups in total. The quantitative estimate of drug-likeness (QED) is 0.653. The van der Waals surface area contributed by atoms with E-state index in [1.54, 1.807) is 6.20 Å². The van der Waals surface area contributed by atoms with E-state index in [1.165, 1.54) is 0 Å². The van der Waals surface area contributed by atoms with Crippen LogP contribution < -0.4 is 5.32 Å². The Kier molecular flexibility index (Phi) is 3.49. The van der Waals surface area contributed by atoms with Gasteiger partial charge in [-0.1, -0.05) is 28.7 Å². The van der Waals surface area contributed by atoms with Crippen LogP contribution >= 0.6 is 22.6 Å². The summed E-state index contributed by atoms with van der Waals surface area (Å²) in [6.07, 6.45) is 1.79. The lowest BCUT2D eigenvalue weighted by molar-refractivity contribution is 1.18. The van der Waals surface area contributed by atoms with Crippen LogP contribution in [0.1, 0.15) is 0 Å². The summed E-state index contributed by atoms with van der Waals surface area (Å²) < 4.78 is 1.11. The van der Waals surface area contributed by atoms with Gasteiger partial charge in [0.15, 0.2) is 0 Å². The predicted molar refractivity (Wildman–Crippen MR) is 51.6 cm³/mol. The summed E-state index contributed by atoms with van der Waals surface area (Å²) in [5.74, 6) is 0.958. The lowest BCUT2D eigenvalue weighted by Crippen LogP contribution is -2.02. The maximum Gasteiger partial charge on any atom is 0.125 e. The average molecular weight is 248 g/mol. The molecule has 0 unspecified atom stereocenters. The number of anilines is 1. The van der Waals surface area contributed by atoms with Crippen molar-refractivity contribution in [3.63, 3.8) is 0 Å². The highest BCUT2D eigenvalue weighted by Gasteiger charge is 1.86. The minimum absolute atomic E-state index is 0.958. The van der Waals surface area contributed by atoms with Gasteiger partial charge in [0.2, 0.25) is 0 Å². The molecule has 0 spiro atoms. The highest BCUT2D eigenvalue weighted by molar-refractivity contribution is 14.1. The second-order valence-electron chi connectivity index (χ2n) is 1.83. The number of alkyl halides is 1. The monoisotopic (exact) mass is 248 g/mol. The minimum atomic E-state index is 0.958. The lowest BCUT2D eigenvalue weighted by atomic mass is 10.4. The molecule has 3 heteroatoms. The van der Waals surface area contributed by atoms with E-state index in [0.29, 0.717) is 0 Å². The van der Waals surface area contributed by atoms with Gasteiger partial charge >= 0.3 is 0 Å². The van der Waals surface area contributed by atoms with Crippen molar-refractivity contribution >= 4 is 28.4 Å². The van der Waals surface area contributed by atoms with E-state index in [-0.39, 0.29) is 0 Å². The van der Waals surface area contributed by atoms with Crippen molar-refractivity contribution in [1.82, 2.24) is 4.98 Å². The molecule has 0 atom stereocenters. The number of pyridine rings is 1. The van der Waals surface area contributed by atoms with Gasteiger partial charge in [-0.25, -0.2) is 4.98 Å². The number of hydrogen-bond acceptors (Lipinski definition) is 2. The third-order valence-corrected chi connectivity index (χ3v) is 1.60. The summed E-state index contributed by atoms with van der Waals surface area (Å²) in [4.78, 5) is 4.10. The van der Waals surface area contributed by atoms with E-state index in [0.717, 1.165) is 16.8 Å². The summed E-state index contributed by atoms with van der Waals surface area (Å²) in [6, 6.07) is 5.85. The molecule has 1 heterocycles. The molecule has 0 amide bonds. The van der Waals surface area contributed by atoms with Crippen molar-refractivity contribution in [1.29, 1.82) is 0 Å². The summed E-state index contributed by atoms with van der Waals surface area (Å²) in [5, 5.41) is 3.18. The number of rotatable bonds is 3. The van der Waals surface area contributed by atoms with Crippen LogP contribution in [0.25, 0.3) is 0 Å². The standard InChI is InChI=1S/C7H9IN2/c8-4-6-10-7-3-1-2-5-9-7/h1-3,5H,4,6H2,(H,9,10). The van der Waals surface area contributed by atoms with Crippen LogP contribution in [0.4, 0.5) is 5.82 Å². The maximum atomic E-state index is 4.10. The summed E-state index contributed by atoms with van der Waals surface area (Å²) in [7, 11) is 0. The molecule has 2 nitrogen and oxygen atoms in total. The normalized spacial score (nSPS) is 9.30. The third kappa shape index (κ3) is 2.51. The van der Waals surface area contributed by atoms with Gasteiger partial charge in [-0.2, -0.15) is 0 Å². The van der Waals surface area contributed by atoms with Crippen molar-refractivity contribution < 1.29 is 0 Å². The number of hydrogen-bond donors (Lipinski definition) is 1. The van der Waals surface area contributed by atoms with E-state index in [9.17, 15) is 0 Å². The Morgan fingerprint density at radius 3 is 3.00 bits per heavy atom. The Labute approximate surface area is 74.2 Å². The first-order valence-corrected chi connectivity index (χ1v) is 4.67. The molecule has 0 aliphatic heterocycles. The first-order valence-electron chi connectivity index (χ1n) is 3.14. The fourth-order valence-electron chi connectivity index (χ4n) is 0.643. The van der Waals surface area contributed by atoms with Crippen LogP contribution in [0.3, 0.4) is 0 Å². The first-order chi connectivity index (χ1) is 4.93. The molecule has 1 rings (SSSR count). The second-order valence-corrected chi connectivity index (χ2v) is 2.91. The van der Waals surface area contributed by atoms with E-state index >= 15 is 0 Å². The molecule has 54 valence electrons. The highest BCUT2D eigenvalue weighted by Crippen LogP contribution is 1.98. The van der Waals surface area contributed by atoms with Crippen molar-refractivity contribution in [2.75, 3.05) is 16.3 Å². The maximum absolute atomic E-state index is 4.10. The zero-order valence-electron chi connectivity index (χ0n) is 5.55. The number of nitrogens with zero attached hydrogens (tertiary/aromatic N) is 1. The number of halogens is 1. The Balaban J connectivity index is 2.43. The SMILES string of the molecule is ICCNc1ccccn1. The van der Waals surface area contributed by atoms with Gasteiger partial charge in [-0.3, -0.25) is 0 Å². The molecule has 1 aromatic rings. The first kappa shape index (κ1) is 7.78. The molecule has 0 aliphatic rings. The van der Waals surface area contributed by atoms with Gasteiger partial charge in [0.1, 0.15) is 5.82 Å². The van der Waals surface area contributed by atoms with Crippen LogP contribution in [0.15, 0.2) is 24.4 Å². The Hall–Kier alpha value is -0.320. The van der Waals surface area contributed by atoms with Crippen molar-refractivity contribution in [3.8, 4) is 0 Å². The number of aromatic nitrogens is 1. The highest BCUT2D eigenvalue weighted by atomic mass is 127. The summed E-state index contributed by atoms with van der Waals surface area (Å²) in [6.45, 7) is 0.984. The fourth-order valence-corrected chi connectivity index (χ4v) is 0.912. The van der Waals surface area contributed by atoms with Crippen molar-refractivity contribution in [2.24, 2.45) is 0 Å². The molecule has 0 bridgehead atoms. The van der Waals surface area contributed by atoms with Crippen LogP contribution in [-0.4, -0.2) is 16.0 Å². The van der Waals surface area contributed by atoms with Crippen molar-refractivity contribution in [3.05, 3.63) is 24.4 Å². The second kappa shape index (κ2) is 4.49. The molecular weight excluding hydrogens is 239 g/mol. The number of nitrogens with one attached hydrogen (secondary N) is 1. The van der Waals surface area contributed by atoms with E-state index in [4.69, 9.17) is 0 Å². The largest absolute Gasteiger partial charge is 0.369 e. The van der Waals surface area contributed by atoms with Crippen LogP contribution in [0, 0.1) is 0 Å². The van der Waals surface area contributed by atoms with Gasteiger partial charge in [0.05, 0.1) is 0 Å². The Morgan fingerprint density at radius 1 is 1.50 bits per heavy atom. The average Bonchev–Trinajstić information content (AvgIpc) is 2.03. The van der Waals surface area contributed by atoms with Gasteiger partial charge in [-0.15, -0.1) is 0 Å². The van der Waals surface area contributed by atoms with Crippen LogP contribution in [0.2, 0.25) is 0 Å². The van der Waals surface area contributed by atoms with E-state index in [2.05, 4.69) is 32.9 Å². The van der Waals surface area contributed by atoms with Crippen LogP contribution in [0.5, 0.6) is 0 Å². The molecule has 0 radical (unpaired) electrons. The summed E-state index contributed by atoms with van der Waals surface area (Å²) in [5.41, 5.74) is 0. The van der Waals surface area contributed by atoms with Gasteiger partial charge < -0.3 is 5.32 Å². The Morgan fingerprint density at radius 2 is 2.40 bits per heavy atom. The Bertz CT molecular complexity index is 176. The summed E-state index contributed by atoms with van der Waals surface area (Å²) >= 11 is 2.32. The fraction of sp³-hybridized carbons (Fsp3) is 0.286. The lowest BCUT2D eigenvalue weighted by Gasteiger charge is -1.99. The smallest absolute Gasteiger partial charge is 0.125 e. The minimum Gasteiger partial charge on any atom is -0.369 e. The molecule has 0 aliphatic carbocycles. The molecule has 0 saturated carbocycles. The van der Waals surface area contributed by atoms with Gasteiger partial charge in [-0.05, 0) is 12.1 Å². The zero-order chi connectivity index (χ0) is 7.23. The molecule has 0 fully saturated rings. The molecule has 10 heavy (non-hydrogen) atoms. The molecule has 0 aromatic carbocycles. The van der Waals surface area contributed by atoms with Crippen LogP contribution in [-0.2, 0) is 0 Å². The molecule has 0 saturated heterocycles. The predicted octanol–water partition coefficient (Wildman–Crippen LogP) is 1.93. The molecular formula is C7H9IN2. The van der Waals surface area contributed by atoms with Gasteiger partial charge in [0, 0.05) is 17.2 Å². The molecule has 1 aromatic heterocycles. The van der Waals surface area contributed by atoms with E-state index in [1.807, 2.05) is 18.2 Å². The zero-order valence-corrected chi connectivity index (χ0v) is 7.71.